The quantitative estimate of drug-likeness (QED) is 0.829. The zero-order valence-electron chi connectivity index (χ0n) is 9.49. The van der Waals surface area contributed by atoms with Crippen LogP contribution in [0.15, 0.2) is 24.3 Å². The number of nitrogens with one attached hydrogen (secondary N) is 1. The van der Waals surface area contributed by atoms with Crippen LogP contribution in [0.3, 0.4) is 0 Å². The van der Waals surface area contributed by atoms with Crippen molar-refractivity contribution >= 4 is 11.6 Å². The molecule has 1 aromatic heterocycles. The Hall–Kier alpha value is -1.35. The number of halogens is 1. The molecule has 1 aliphatic carbocycles. The molecule has 1 unspecified atom stereocenters. The van der Waals surface area contributed by atoms with Gasteiger partial charge in [-0.05, 0) is 30.4 Å². The fraction of sp³-hybridized carbons (Fsp3) is 0.385. The zero-order chi connectivity index (χ0) is 11.7. The summed E-state index contributed by atoms with van der Waals surface area (Å²) in [7, 11) is 0. The molecule has 1 heterocycles. The number of aromatic nitrogens is 3. The Morgan fingerprint density at radius 1 is 1.35 bits per heavy atom. The molecular formula is C13H14ClN3. The molecular weight excluding hydrogens is 234 g/mol. The van der Waals surface area contributed by atoms with Crippen LogP contribution in [0.25, 0.3) is 0 Å². The van der Waals surface area contributed by atoms with Crippen molar-refractivity contribution in [2.45, 2.75) is 31.1 Å². The molecule has 3 nitrogen and oxygen atoms in total. The van der Waals surface area contributed by atoms with Gasteiger partial charge in [0.05, 0.1) is 5.88 Å². The molecule has 2 aromatic rings. The topological polar surface area (TPSA) is 41.6 Å². The van der Waals surface area contributed by atoms with Crippen molar-refractivity contribution in [2.24, 2.45) is 0 Å². The third-order valence-corrected chi connectivity index (χ3v) is 3.61. The first kappa shape index (κ1) is 10.8. The van der Waals surface area contributed by atoms with Gasteiger partial charge in [0.15, 0.2) is 5.82 Å². The minimum atomic E-state index is 0.327. The predicted octanol–water partition coefficient (Wildman–Crippen LogP) is 3.01. The van der Waals surface area contributed by atoms with Crippen molar-refractivity contribution < 1.29 is 0 Å². The average Bonchev–Trinajstić information content (AvgIpc) is 2.87. The van der Waals surface area contributed by atoms with Gasteiger partial charge in [-0.2, -0.15) is 5.10 Å². The number of rotatable bonds is 2. The maximum Gasteiger partial charge on any atom is 0.158 e. The standard InChI is InChI=1S/C13H14ClN3/c14-8-12-15-13(17-16-12)11-7-3-5-9-4-1-2-6-10(9)11/h1-2,4,6,11H,3,5,7-8H2,(H,15,16,17). The van der Waals surface area contributed by atoms with Crippen LogP contribution >= 0.6 is 11.6 Å². The monoisotopic (exact) mass is 247 g/mol. The first-order chi connectivity index (χ1) is 8.38. The van der Waals surface area contributed by atoms with Crippen LogP contribution in [-0.4, -0.2) is 15.2 Å². The molecule has 4 heteroatoms. The summed E-state index contributed by atoms with van der Waals surface area (Å²) in [5.74, 6) is 2.35. The maximum absolute atomic E-state index is 5.75. The Labute approximate surface area is 105 Å². The van der Waals surface area contributed by atoms with Crippen molar-refractivity contribution in [3.63, 3.8) is 0 Å². The second-order valence-corrected chi connectivity index (χ2v) is 4.68. The van der Waals surface area contributed by atoms with Gasteiger partial charge in [0.25, 0.3) is 0 Å². The largest absolute Gasteiger partial charge is 0.262 e. The molecule has 3 rings (SSSR count). The molecule has 1 atom stereocenters. The molecule has 17 heavy (non-hydrogen) atoms. The number of aryl methyl sites for hydroxylation is 1. The van der Waals surface area contributed by atoms with Gasteiger partial charge in [-0.25, -0.2) is 4.98 Å². The van der Waals surface area contributed by atoms with E-state index in [1.165, 1.54) is 24.0 Å². The highest BCUT2D eigenvalue weighted by Gasteiger charge is 2.24. The maximum atomic E-state index is 5.75. The molecule has 0 fully saturated rings. The molecule has 0 spiro atoms. The van der Waals surface area contributed by atoms with E-state index in [-0.39, 0.29) is 0 Å². The average molecular weight is 248 g/mol. The number of fused-ring (bicyclic) bond motifs is 1. The van der Waals surface area contributed by atoms with Crippen LogP contribution in [0.2, 0.25) is 0 Å². The second-order valence-electron chi connectivity index (χ2n) is 4.42. The van der Waals surface area contributed by atoms with E-state index in [2.05, 4.69) is 39.4 Å². The molecule has 0 radical (unpaired) electrons. The molecule has 0 bridgehead atoms. The third-order valence-electron chi connectivity index (χ3n) is 3.36. The lowest BCUT2D eigenvalue weighted by atomic mass is 9.82. The van der Waals surface area contributed by atoms with Crippen LogP contribution < -0.4 is 0 Å². The molecule has 1 aliphatic rings. The Balaban J connectivity index is 1.99. The minimum Gasteiger partial charge on any atom is -0.262 e. The Morgan fingerprint density at radius 2 is 2.24 bits per heavy atom. The first-order valence-corrected chi connectivity index (χ1v) is 6.47. The SMILES string of the molecule is ClCc1nc(C2CCCc3ccccc32)n[nH]1. The van der Waals surface area contributed by atoms with E-state index in [4.69, 9.17) is 11.6 Å². The smallest absolute Gasteiger partial charge is 0.158 e. The third kappa shape index (κ3) is 1.95. The number of H-pyrrole nitrogens is 1. The Bertz CT molecular complexity index is 521. The van der Waals surface area contributed by atoms with Gasteiger partial charge in [0.2, 0.25) is 0 Å². The van der Waals surface area contributed by atoms with E-state index in [0.29, 0.717) is 11.8 Å². The highest BCUT2D eigenvalue weighted by atomic mass is 35.5. The first-order valence-electron chi connectivity index (χ1n) is 5.93. The lowest BCUT2D eigenvalue weighted by molar-refractivity contribution is 0.592. The summed E-state index contributed by atoms with van der Waals surface area (Å²) in [4.78, 5) is 4.45. The fourth-order valence-corrected chi connectivity index (χ4v) is 2.67. The molecule has 0 saturated heterocycles. The van der Waals surface area contributed by atoms with Crippen LogP contribution in [-0.2, 0) is 12.3 Å². The molecule has 1 aromatic carbocycles. The van der Waals surface area contributed by atoms with Crippen LogP contribution in [0, 0.1) is 0 Å². The van der Waals surface area contributed by atoms with Crippen molar-refractivity contribution in [3.05, 3.63) is 47.0 Å². The van der Waals surface area contributed by atoms with Crippen LogP contribution in [0.5, 0.6) is 0 Å². The highest BCUT2D eigenvalue weighted by Crippen LogP contribution is 2.34. The van der Waals surface area contributed by atoms with Crippen molar-refractivity contribution in [1.82, 2.24) is 15.2 Å². The molecule has 0 saturated carbocycles. The lowest BCUT2D eigenvalue weighted by Crippen LogP contribution is -2.12. The highest BCUT2D eigenvalue weighted by molar-refractivity contribution is 6.16. The number of hydrogen-bond acceptors (Lipinski definition) is 2. The van der Waals surface area contributed by atoms with E-state index in [1.807, 2.05) is 0 Å². The van der Waals surface area contributed by atoms with Crippen molar-refractivity contribution in [1.29, 1.82) is 0 Å². The summed E-state index contributed by atoms with van der Waals surface area (Å²) in [6.07, 6.45) is 3.49. The van der Waals surface area contributed by atoms with Gasteiger partial charge in [-0.3, -0.25) is 5.10 Å². The van der Waals surface area contributed by atoms with Gasteiger partial charge < -0.3 is 0 Å². The fourth-order valence-electron chi connectivity index (χ4n) is 2.55. The molecule has 1 N–H and O–H groups in total. The predicted molar refractivity (Wildman–Crippen MR) is 67.2 cm³/mol. The van der Waals surface area contributed by atoms with E-state index >= 15 is 0 Å². The van der Waals surface area contributed by atoms with Gasteiger partial charge >= 0.3 is 0 Å². The number of aromatic amines is 1. The summed E-state index contributed by atoms with van der Waals surface area (Å²) in [6, 6.07) is 8.59. The number of nitrogens with zero attached hydrogens (tertiary/aromatic N) is 2. The number of hydrogen-bond donors (Lipinski definition) is 1. The second kappa shape index (κ2) is 4.49. The van der Waals surface area contributed by atoms with Crippen LogP contribution in [0.4, 0.5) is 0 Å². The molecule has 0 amide bonds. The van der Waals surface area contributed by atoms with Crippen molar-refractivity contribution in [2.75, 3.05) is 0 Å². The van der Waals surface area contributed by atoms with E-state index < -0.39 is 0 Å². The van der Waals surface area contributed by atoms with E-state index in [1.54, 1.807) is 0 Å². The van der Waals surface area contributed by atoms with Crippen molar-refractivity contribution in [3.8, 4) is 0 Å². The molecule has 88 valence electrons. The normalized spacial score (nSPS) is 19.0. The van der Waals surface area contributed by atoms with Crippen LogP contribution in [0.1, 0.15) is 41.5 Å². The zero-order valence-corrected chi connectivity index (χ0v) is 10.2. The van der Waals surface area contributed by atoms with Gasteiger partial charge in [-0.15, -0.1) is 11.6 Å². The summed E-state index contributed by atoms with van der Waals surface area (Å²) in [5, 5.41) is 7.18. The molecule has 0 aliphatic heterocycles. The van der Waals surface area contributed by atoms with Gasteiger partial charge in [0.1, 0.15) is 5.82 Å². The van der Waals surface area contributed by atoms with Gasteiger partial charge in [-0.1, -0.05) is 24.3 Å². The Kier molecular flexibility index (Phi) is 2.85. The summed E-state index contributed by atoms with van der Waals surface area (Å²) in [5.41, 5.74) is 2.81. The Morgan fingerprint density at radius 3 is 3.06 bits per heavy atom. The summed E-state index contributed by atoms with van der Waals surface area (Å²) < 4.78 is 0. The summed E-state index contributed by atoms with van der Waals surface area (Å²) >= 11 is 5.75. The van der Waals surface area contributed by atoms with E-state index in [9.17, 15) is 0 Å². The van der Waals surface area contributed by atoms with Gasteiger partial charge in [0, 0.05) is 5.92 Å². The number of benzene rings is 1. The minimum absolute atomic E-state index is 0.327. The van der Waals surface area contributed by atoms with E-state index in [0.717, 1.165) is 18.1 Å². The lowest BCUT2D eigenvalue weighted by Gasteiger charge is -2.22. The summed E-state index contributed by atoms with van der Waals surface area (Å²) in [6.45, 7) is 0. The number of alkyl halides is 1.